The first-order valence-corrected chi connectivity index (χ1v) is 6.28. The maximum Gasteiger partial charge on any atom is 0.169 e. The van der Waals surface area contributed by atoms with Crippen LogP contribution >= 0.6 is 15.9 Å². The molecular weight excluding hydrogens is 284 g/mol. The van der Waals surface area contributed by atoms with Gasteiger partial charge in [-0.2, -0.15) is 5.10 Å². The standard InChI is InChI=1S/C11H15BrN4O/c1-2-7-16-8(5-6-14-16)11(15-13)9-3-4-10(12)17-9/h3-6,11,15H,2,7,13H2,1H3. The molecule has 0 saturated heterocycles. The molecule has 2 aromatic heterocycles. The molecule has 1 atom stereocenters. The van der Waals surface area contributed by atoms with Gasteiger partial charge in [0.15, 0.2) is 4.67 Å². The number of aromatic nitrogens is 2. The molecule has 0 aromatic carbocycles. The Kier molecular flexibility index (Phi) is 3.98. The smallest absolute Gasteiger partial charge is 0.169 e. The zero-order valence-corrected chi connectivity index (χ0v) is 11.1. The van der Waals surface area contributed by atoms with Crippen molar-refractivity contribution in [3.8, 4) is 0 Å². The number of hydrazine groups is 1. The van der Waals surface area contributed by atoms with Gasteiger partial charge in [-0.1, -0.05) is 6.92 Å². The van der Waals surface area contributed by atoms with E-state index in [4.69, 9.17) is 10.3 Å². The van der Waals surface area contributed by atoms with Crippen LogP contribution in [0.15, 0.2) is 33.5 Å². The van der Waals surface area contributed by atoms with Gasteiger partial charge in [0.2, 0.25) is 0 Å². The molecule has 6 heteroatoms. The molecule has 0 amide bonds. The van der Waals surface area contributed by atoms with Crippen LogP contribution in [0.5, 0.6) is 0 Å². The number of hydrogen-bond donors (Lipinski definition) is 2. The number of nitrogens with zero attached hydrogens (tertiary/aromatic N) is 2. The summed E-state index contributed by atoms with van der Waals surface area (Å²) in [5.41, 5.74) is 3.75. The van der Waals surface area contributed by atoms with E-state index >= 15 is 0 Å². The number of furan rings is 1. The minimum absolute atomic E-state index is 0.185. The van der Waals surface area contributed by atoms with Gasteiger partial charge in [-0.25, -0.2) is 5.43 Å². The topological polar surface area (TPSA) is 69.0 Å². The van der Waals surface area contributed by atoms with Crippen molar-refractivity contribution in [1.82, 2.24) is 15.2 Å². The van der Waals surface area contributed by atoms with Crippen molar-refractivity contribution in [2.45, 2.75) is 25.9 Å². The molecule has 0 bridgehead atoms. The third-order valence-electron chi connectivity index (χ3n) is 2.53. The first-order valence-electron chi connectivity index (χ1n) is 5.49. The molecule has 0 radical (unpaired) electrons. The Hall–Kier alpha value is -1.11. The molecular formula is C11H15BrN4O. The Morgan fingerprint density at radius 3 is 2.94 bits per heavy atom. The molecule has 0 aliphatic heterocycles. The monoisotopic (exact) mass is 298 g/mol. The molecule has 0 aliphatic carbocycles. The van der Waals surface area contributed by atoms with Gasteiger partial charge in [-0.15, -0.1) is 0 Å². The second kappa shape index (κ2) is 5.48. The normalized spacial score (nSPS) is 12.9. The van der Waals surface area contributed by atoms with E-state index < -0.39 is 0 Å². The van der Waals surface area contributed by atoms with Crippen LogP contribution in [-0.4, -0.2) is 9.78 Å². The molecule has 3 N–H and O–H groups in total. The van der Waals surface area contributed by atoms with Crippen LogP contribution in [0.25, 0.3) is 0 Å². The lowest BCUT2D eigenvalue weighted by molar-refractivity contribution is 0.417. The van der Waals surface area contributed by atoms with E-state index in [1.807, 2.05) is 22.9 Å². The minimum Gasteiger partial charge on any atom is -0.452 e. The van der Waals surface area contributed by atoms with Crippen LogP contribution < -0.4 is 11.3 Å². The van der Waals surface area contributed by atoms with E-state index in [1.54, 1.807) is 6.20 Å². The number of rotatable bonds is 5. The molecule has 17 heavy (non-hydrogen) atoms. The summed E-state index contributed by atoms with van der Waals surface area (Å²) in [6.45, 7) is 2.97. The van der Waals surface area contributed by atoms with Crippen LogP contribution in [0, 0.1) is 0 Å². The first-order chi connectivity index (χ1) is 8.26. The van der Waals surface area contributed by atoms with Crippen molar-refractivity contribution in [3.05, 3.63) is 40.5 Å². The second-order valence-corrected chi connectivity index (χ2v) is 4.50. The van der Waals surface area contributed by atoms with Crippen LogP contribution in [-0.2, 0) is 6.54 Å². The Labute approximate surface area is 108 Å². The highest BCUT2D eigenvalue weighted by Crippen LogP contribution is 2.25. The summed E-state index contributed by atoms with van der Waals surface area (Å²) in [6, 6.07) is 5.49. The number of halogens is 1. The number of nitrogens with one attached hydrogen (secondary N) is 1. The van der Waals surface area contributed by atoms with E-state index in [0.717, 1.165) is 24.4 Å². The maximum atomic E-state index is 5.60. The molecule has 92 valence electrons. The number of hydrogen-bond acceptors (Lipinski definition) is 4. The summed E-state index contributed by atoms with van der Waals surface area (Å²) in [5, 5.41) is 4.27. The molecule has 2 heterocycles. The summed E-state index contributed by atoms with van der Waals surface area (Å²) < 4.78 is 8.15. The highest BCUT2D eigenvalue weighted by atomic mass is 79.9. The van der Waals surface area contributed by atoms with E-state index in [0.29, 0.717) is 4.67 Å². The van der Waals surface area contributed by atoms with Crippen LogP contribution in [0.4, 0.5) is 0 Å². The van der Waals surface area contributed by atoms with Crippen molar-refractivity contribution < 1.29 is 4.42 Å². The largest absolute Gasteiger partial charge is 0.452 e. The van der Waals surface area contributed by atoms with Crippen molar-refractivity contribution in [1.29, 1.82) is 0 Å². The van der Waals surface area contributed by atoms with Gasteiger partial charge in [0.1, 0.15) is 11.8 Å². The van der Waals surface area contributed by atoms with Gasteiger partial charge in [-0.05, 0) is 40.5 Å². The molecule has 0 spiro atoms. The Morgan fingerprint density at radius 2 is 2.35 bits per heavy atom. The van der Waals surface area contributed by atoms with Crippen molar-refractivity contribution >= 4 is 15.9 Å². The lowest BCUT2D eigenvalue weighted by atomic mass is 10.1. The van der Waals surface area contributed by atoms with Gasteiger partial charge < -0.3 is 4.42 Å². The number of aryl methyl sites for hydroxylation is 1. The molecule has 2 aromatic rings. The van der Waals surface area contributed by atoms with Crippen molar-refractivity contribution in [3.63, 3.8) is 0 Å². The lowest BCUT2D eigenvalue weighted by Crippen LogP contribution is -2.30. The Balaban J connectivity index is 2.31. The SMILES string of the molecule is CCCn1nccc1C(NN)c1ccc(Br)o1. The molecule has 2 rings (SSSR count). The van der Waals surface area contributed by atoms with Gasteiger partial charge in [0.05, 0.1) is 5.69 Å². The summed E-state index contributed by atoms with van der Waals surface area (Å²) in [6.07, 6.45) is 2.79. The summed E-state index contributed by atoms with van der Waals surface area (Å²) in [4.78, 5) is 0. The first kappa shape index (κ1) is 12.3. The second-order valence-electron chi connectivity index (χ2n) is 3.72. The van der Waals surface area contributed by atoms with Crippen molar-refractivity contribution in [2.24, 2.45) is 5.84 Å². The highest BCUT2D eigenvalue weighted by Gasteiger charge is 2.19. The predicted molar refractivity (Wildman–Crippen MR) is 68.1 cm³/mol. The van der Waals surface area contributed by atoms with Gasteiger partial charge in [0.25, 0.3) is 0 Å². The number of nitrogens with two attached hydrogens (primary N) is 1. The van der Waals surface area contributed by atoms with Crippen LogP contribution in [0.2, 0.25) is 0 Å². The van der Waals surface area contributed by atoms with E-state index in [9.17, 15) is 0 Å². The van der Waals surface area contributed by atoms with Gasteiger partial charge in [0, 0.05) is 12.7 Å². The molecule has 0 saturated carbocycles. The van der Waals surface area contributed by atoms with Crippen LogP contribution in [0.1, 0.15) is 30.8 Å². The fraction of sp³-hybridized carbons (Fsp3) is 0.364. The van der Waals surface area contributed by atoms with Gasteiger partial charge >= 0.3 is 0 Å². The molecule has 1 unspecified atom stereocenters. The Morgan fingerprint density at radius 1 is 1.53 bits per heavy atom. The average Bonchev–Trinajstić information content (AvgIpc) is 2.91. The van der Waals surface area contributed by atoms with Crippen LogP contribution in [0.3, 0.4) is 0 Å². The zero-order valence-electron chi connectivity index (χ0n) is 9.56. The summed E-state index contributed by atoms with van der Waals surface area (Å²) >= 11 is 3.28. The van der Waals surface area contributed by atoms with E-state index in [-0.39, 0.29) is 6.04 Å². The van der Waals surface area contributed by atoms with E-state index in [2.05, 4.69) is 33.4 Å². The van der Waals surface area contributed by atoms with Gasteiger partial charge in [-0.3, -0.25) is 10.5 Å². The average molecular weight is 299 g/mol. The molecule has 0 aliphatic rings. The predicted octanol–water partition coefficient (Wildman–Crippen LogP) is 2.20. The van der Waals surface area contributed by atoms with E-state index in [1.165, 1.54) is 0 Å². The maximum absolute atomic E-state index is 5.60. The molecule has 0 fully saturated rings. The third kappa shape index (κ3) is 2.59. The fourth-order valence-corrected chi connectivity index (χ4v) is 2.10. The summed E-state index contributed by atoms with van der Waals surface area (Å²) in [7, 11) is 0. The quantitative estimate of drug-likeness (QED) is 0.656. The van der Waals surface area contributed by atoms with Crippen molar-refractivity contribution in [2.75, 3.05) is 0 Å². The Bertz CT molecular complexity index is 479. The molecule has 5 nitrogen and oxygen atoms in total. The lowest BCUT2D eigenvalue weighted by Gasteiger charge is -2.15. The fourth-order valence-electron chi connectivity index (χ4n) is 1.78. The highest BCUT2D eigenvalue weighted by molar-refractivity contribution is 9.10. The minimum atomic E-state index is -0.185. The third-order valence-corrected chi connectivity index (χ3v) is 2.95. The summed E-state index contributed by atoms with van der Waals surface area (Å²) in [5.74, 6) is 6.37. The zero-order chi connectivity index (χ0) is 12.3.